The quantitative estimate of drug-likeness (QED) is 0.777. The second-order valence-corrected chi connectivity index (χ2v) is 8.64. The molecule has 1 saturated heterocycles. The molecule has 0 aliphatic carbocycles. The van der Waals surface area contributed by atoms with Crippen LogP contribution in [0.2, 0.25) is 0 Å². The van der Waals surface area contributed by atoms with E-state index in [0.717, 1.165) is 24.0 Å². The summed E-state index contributed by atoms with van der Waals surface area (Å²) in [6.07, 6.45) is 2.00. The molecule has 3 rings (SSSR count). The lowest BCUT2D eigenvalue weighted by Crippen LogP contribution is -2.48. The molecule has 1 fully saturated rings. The predicted molar refractivity (Wildman–Crippen MR) is 101 cm³/mol. The van der Waals surface area contributed by atoms with Crippen molar-refractivity contribution in [2.75, 3.05) is 26.2 Å². The van der Waals surface area contributed by atoms with Crippen LogP contribution in [0.4, 0.5) is 4.39 Å². The van der Waals surface area contributed by atoms with Gasteiger partial charge in [0.25, 0.3) is 0 Å². The van der Waals surface area contributed by atoms with E-state index in [1.54, 1.807) is 22.5 Å². The fraction of sp³-hybridized carbons (Fsp3) is 0.400. The van der Waals surface area contributed by atoms with Crippen molar-refractivity contribution >= 4 is 10.0 Å². The highest BCUT2D eigenvalue weighted by Gasteiger charge is 2.28. The molecule has 6 heteroatoms. The van der Waals surface area contributed by atoms with Gasteiger partial charge >= 0.3 is 0 Å². The molecule has 140 valence electrons. The summed E-state index contributed by atoms with van der Waals surface area (Å²) in [6.45, 7) is 4.93. The molecule has 4 nitrogen and oxygen atoms in total. The van der Waals surface area contributed by atoms with E-state index in [-0.39, 0.29) is 5.82 Å². The number of hydrogen-bond acceptors (Lipinski definition) is 3. The van der Waals surface area contributed by atoms with Crippen molar-refractivity contribution in [2.24, 2.45) is 0 Å². The molecule has 0 atom stereocenters. The highest BCUT2D eigenvalue weighted by atomic mass is 32.2. The molecule has 1 aliphatic heterocycles. The van der Waals surface area contributed by atoms with Gasteiger partial charge in [0.15, 0.2) is 0 Å². The fourth-order valence-corrected chi connectivity index (χ4v) is 4.71. The van der Waals surface area contributed by atoms with E-state index in [0.29, 0.717) is 37.6 Å². The predicted octanol–water partition coefficient (Wildman–Crippen LogP) is 3.28. The van der Waals surface area contributed by atoms with Gasteiger partial charge in [0, 0.05) is 32.7 Å². The van der Waals surface area contributed by atoms with Gasteiger partial charge in [-0.3, -0.25) is 4.90 Å². The van der Waals surface area contributed by atoms with Crippen molar-refractivity contribution in [1.29, 1.82) is 0 Å². The molecule has 2 aromatic rings. The highest BCUT2D eigenvalue weighted by molar-refractivity contribution is 7.89. The molecule has 0 spiro atoms. The number of piperazine rings is 1. The summed E-state index contributed by atoms with van der Waals surface area (Å²) >= 11 is 0. The Kier molecular flexibility index (Phi) is 6.06. The van der Waals surface area contributed by atoms with Crippen molar-refractivity contribution in [3.05, 3.63) is 65.5 Å². The minimum absolute atomic E-state index is 0.241. The van der Waals surface area contributed by atoms with Crippen molar-refractivity contribution < 1.29 is 12.8 Å². The number of sulfonamides is 1. The Hall–Kier alpha value is -1.76. The summed E-state index contributed by atoms with van der Waals surface area (Å²) in [4.78, 5) is 2.52. The van der Waals surface area contributed by atoms with Gasteiger partial charge in [0.1, 0.15) is 5.82 Å². The maximum absolute atomic E-state index is 13.3. The minimum Gasteiger partial charge on any atom is -0.296 e. The van der Waals surface area contributed by atoms with Gasteiger partial charge in [-0.25, -0.2) is 12.8 Å². The van der Waals surface area contributed by atoms with Crippen LogP contribution >= 0.6 is 0 Å². The molecule has 0 saturated carbocycles. The lowest BCUT2D eigenvalue weighted by atomic mass is 10.1. The fourth-order valence-electron chi connectivity index (χ4n) is 3.29. The third kappa shape index (κ3) is 4.50. The standard InChI is InChI=1S/C20H25FN2O2S/c1-2-4-17-7-9-20(10-8-17)26(24,25)23-13-11-22(12-14-23)16-18-5-3-6-19(21)15-18/h3,5-10,15H,2,4,11-14,16H2,1H3. The van der Waals surface area contributed by atoms with Crippen LogP contribution < -0.4 is 0 Å². The normalized spacial score (nSPS) is 16.7. The molecule has 1 heterocycles. The smallest absolute Gasteiger partial charge is 0.243 e. The first-order chi connectivity index (χ1) is 12.5. The van der Waals surface area contributed by atoms with Gasteiger partial charge in [-0.15, -0.1) is 0 Å². The van der Waals surface area contributed by atoms with Crippen molar-refractivity contribution in [1.82, 2.24) is 9.21 Å². The van der Waals surface area contributed by atoms with E-state index in [9.17, 15) is 12.8 Å². The first-order valence-electron chi connectivity index (χ1n) is 9.05. The van der Waals surface area contributed by atoms with Crippen LogP contribution in [-0.4, -0.2) is 43.8 Å². The molecule has 2 aromatic carbocycles. The van der Waals surface area contributed by atoms with Crippen molar-refractivity contribution in [2.45, 2.75) is 31.2 Å². The van der Waals surface area contributed by atoms with Crippen LogP contribution in [-0.2, 0) is 23.0 Å². The Morgan fingerprint density at radius 2 is 1.65 bits per heavy atom. The Balaban J connectivity index is 1.61. The molecule has 0 unspecified atom stereocenters. The first kappa shape index (κ1) is 19.0. The summed E-state index contributed by atoms with van der Waals surface area (Å²) in [5, 5.41) is 0. The van der Waals surface area contributed by atoms with Crippen LogP contribution in [0.3, 0.4) is 0 Å². The zero-order chi connectivity index (χ0) is 18.6. The average molecular weight is 376 g/mol. The van der Waals surface area contributed by atoms with Gasteiger partial charge in [-0.05, 0) is 41.8 Å². The van der Waals surface area contributed by atoms with Crippen LogP contribution in [0, 0.1) is 5.82 Å². The van der Waals surface area contributed by atoms with E-state index in [2.05, 4.69) is 11.8 Å². The van der Waals surface area contributed by atoms with Gasteiger partial charge in [-0.1, -0.05) is 37.6 Å². The maximum atomic E-state index is 13.3. The van der Waals surface area contributed by atoms with Crippen molar-refractivity contribution in [3.63, 3.8) is 0 Å². The number of benzene rings is 2. The summed E-state index contributed by atoms with van der Waals surface area (Å²) in [5.74, 6) is -0.241. The van der Waals surface area contributed by atoms with E-state index >= 15 is 0 Å². The molecular formula is C20H25FN2O2S. The summed E-state index contributed by atoms with van der Waals surface area (Å²) in [7, 11) is -3.45. The average Bonchev–Trinajstić information content (AvgIpc) is 2.63. The van der Waals surface area contributed by atoms with E-state index in [1.165, 1.54) is 12.1 Å². The van der Waals surface area contributed by atoms with Crippen LogP contribution in [0.1, 0.15) is 24.5 Å². The second-order valence-electron chi connectivity index (χ2n) is 6.70. The molecular weight excluding hydrogens is 351 g/mol. The Bertz CT molecular complexity index is 829. The Morgan fingerprint density at radius 1 is 0.962 bits per heavy atom. The maximum Gasteiger partial charge on any atom is 0.243 e. The molecule has 26 heavy (non-hydrogen) atoms. The van der Waals surface area contributed by atoms with Crippen LogP contribution in [0.15, 0.2) is 53.4 Å². The van der Waals surface area contributed by atoms with E-state index in [4.69, 9.17) is 0 Å². The van der Waals surface area contributed by atoms with Gasteiger partial charge < -0.3 is 0 Å². The first-order valence-corrected chi connectivity index (χ1v) is 10.5. The zero-order valence-corrected chi connectivity index (χ0v) is 15.9. The number of nitrogens with zero attached hydrogens (tertiary/aromatic N) is 2. The molecule has 0 bridgehead atoms. The number of hydrogen-bond donors (Lipinski definition) is 0. The van der Waals surface area contributed by atoms with E-state index in [1.807, 2.05) is 18.2 Å². The highest BCUT2D eigenvalue weighted by Crippen LogP contribution is 2.19. The zero-order valence-electron chi connectivity index (χ0n) is 15.1. The largest absolute Gasteiger partial charge is 0.296 e. The van der Waals surface area contributed by atoms with Crippen LogP contribution in [0.25, 0.3) is 0 Å². The molecule has 0 aromatic heterocycles. The monoisotopic (exact) mass is 376 g/mol. The molecule has 0 amide bonds. The third-order valence-electron chi connectivity index (χ3n) is 4.73. The molecule has 0 N–H and O–H groups in total. The molecule has 1 aliphatic rings. The lowest BCUT2D eigenvalue weighted by Gasteiger charge is -2.34. The lowest BCUT2D eigenvalue weighted by molar-refractivity contribution is 0.181. The SMILES string of the molecule is CCCc1ccc(S(=O)(=O)N2CCN(Cc3cccc(F)c3)CC2)cc1. The second kappa shape index (κ2) is 8.29. The summed E-state index contributed by atoms with van der Waals surface area (Å²) in [5.41, 5.74) is 2.07. The van der Waals surface area contributed by atoms with E-state index < -0.39 is 10.0 Å². The summed E-state index contributed by atoms with van der Waals surface area (Å²) < 4.78 is 40.5. The topological polar surface area (TPSA) is 40.6 Å². The van der Waals surface area contributed by atoms with Gasteiger partial charge in [-0.2, -0.15) is 4.31 Å². The number of halogens is 1. The van der Waals surface area contributed by atoms with Gasteiger partial charge in [0.05, 0.1) is 4.90 Å². The summed E-state index contributed by atoms with van der Waals surface area (Å²) in [6, 6.07) is 13.8. The van der Waals surface area contributed by atoms with Gasteiger partial charge in [0.2, 0.25) is 10.0 Å². The third-order valence-corrected chi connectivity index (χ3v) is 6.64. The minimum atomic E-state index is -3.45. The van der Waals surface area contributed by atoms with Crippen LogP contribution in [0.5, 0.6) is 0 Å². The van der Waals surface area contributed by atoms with Crippen molar-refractivity contribution in [3.8, 4) is 0 Å². The number of aryl methyl sites for hydroxylation is 1. The molecule has 0 radical (unpaired) electrons. The Labute approximate surface area is 155 Å². The Morgan fingerprint density at radius 3 is 2.27 bits per heavy atom. The number of rotatable bonds is 6.